The van der Waals surface area contributed by atoms with Crippen molar-refractivity contribution in [3.8, 4) is 0 Å². The number of β-lactam (4-membered cyclic amide) rings is 1. The number of hydrogen-bond donors (Lipinski definition) is 2. The molecule has 214 valence electrons. The minimum absolute atomic E-state index is 0.0103. The second-order valence-electron chi connectivity index (χ2n) is 10.1. The summed E-state index contributed by atoms with van der Waals surface area (Å²) < 4.78 is 12.5. The lowest BCUT2D eigenvalue weighted by Gasteiger charge is -2.46. The topological polar surface area (TPSA) is 134 Å². The molecule has 3 aliphatic rings. The lowest BCUT2D eigenvalue weighted by Crippen LogP contribution is -2.63. The minimum atomic E-state index is -1.07. The molecule has 0 aliphatic carbocycles. The third-order valence-corrected chi connectivity index (χ3v) is 10.0. The number of esters is 1. The van der Waals surface area contributed by atoms with Crippen LogP contribution in [0.5, 0.6) is 0 Å². The van der Waals surface area contributed by atoms with Crippen molar-refractivity contribution in [2.45, 2.75) is 49.8 Å². The number of carbonyl (C=O) groups is 3. The summed E-state index contributed by atoms with van der Waals surface area (Å²) in [7, 11) is 0. The van der Waals surface area contributed by atoms with Gasteiger partial charge < -0.3 is 29.5 Å². The summed E-state index contributed by atoms with van der Waals surface area (Å²) in [5.41, 5.74) is 0.647. The Kier molecular flexibility index (Phi) is 8.09. The molecule has 0 spiro atoms. The first-order valence-corrected chi connectivity index (χ1v) is 14.8. The van der Waals surface area contributed by atoms with E-state index in [9.17, 15) is 24.6 Å². The Morgan fingerprint density at radius 3 is 2.70 bits per heavy atom. The number of rotatable bonds is 10. The number of ether oxygens (including phenoxy) is 2. The van der Waals surface area contributed by atoms with Crippen LogP contribution in [0.25, 0.3) is 4.83 Å². The van der Waals surface area contributed by atoms with Gasteiger partial charge in [-0.3, -0.25) is 9.20 Å². The van der Waals surface area contributed by atoms with E-state index >= 15 is 0 Å². The molecular formula is C27H32N4O7S2. The fraction of sp³-hybridized carbons (Fsp3) is 0.481. The summed E-state index contributed by atoms with van der Waals surface area (Å²) in [5.74, 6) is -1.81. The number of imidazole rings is 1. The van der Waals surface area contributed by atoms with E-state index in [-0.39, 0.29) is 48.6 Å². The van der Waals surface area contributed by atoms with E-state index in [1.54, 1.807) is 13.3 Å². The van der Waals surface area contributed by atoms with E-state index < -0.39 is 36.2 Å². The molecule has 0 aromatic carbocycles. The Morgan fingerprint density at radius 2 is 2.00 bits per heavy atom. The molecule has 5 heterocycles. The standard InChI is InChI=1S/C27H32N4O7S2/c1-5-8-37-26(35)21-23(14(3)20-18(15(4)32)24(34)31(20)21)40-16-11-17(30(12-16)27(36)38-9-6-2)22(33)19-25-29(13-28-19)7-10-39-25/h5-7,10,13-18,20,22,32-33H,1-2,8-9,11-12H2,3-4H3/t14-,15-,16+,17+,18-,20-,22?/m1/s1. The molecule has 40 heavy (non-hydrogen) atoms. The van der Waals surface area contributed by atoms with Crippen LogP contribution in [0, 0.1) is 11.8 Å². The van der Waals surface area contributed by atoms with E-state index in [0.717, 1.165) is 4.83 Å². The zero-order chi connectivity index (χ0) is 28.7. The molecule has 11 nitrogen and oxygen atoms in total. The largest absolute Gasteiger partial charge is 0.457 e. The number of aliphatic hydroxyl groups excluding tert-OH is 2. The van der Waals surface area contributed by atoms with Crippen molar-refractivity contribution in [2.75, 3.05) is 19.8 Å². The Hall–Kier alpha value is -3.13. The molecule has 2 amide bonds. The number of aromatic nitrogens is 2. The van der Waals surface area contributed by atoms with Crippen LogP contribution in [-0.4, -0.2) is 90.6 Å². The second-order valence-corrected chi connectivity index (χ2v) is 12.3. The first kappa shape index (κ1) is 28.4. The number of likely N-dealkylation sites (tertiary alicyclic amines) is 1. The number of fused-ring (bicyclic) bond motifs is 2. The van der Waals surface area contributed by atoms with Crippen LogP contribution in [0.4, 0.5) is 4.79 Å². The van der Waals surface area contributed by atoms with Crippen molar-refractivity contribution in [2.24, 2.45) is 11.8 Å². The van der Waals surface area contributed by atoms with Crippen molar-refractivity contribution in [1.82, 2.24) is 19.2 Å². The van der Waals surface area contributed by atoms with Gasteiger partial charge in [0, 0.05) is 34.2 Å². The lowest BCUT2D eigenvalue weighted by molar-refractivity contribution is -0.164. The minimum Gasteiger partial charge on any atom is -0.457 e. The molecule has 0 radical (unpaired) electrons. The Morgan fingerprint density at radius 1 is 1.27 bits per heavy atom. The average molecular weight is 589 g/mol. The number of thioether (sulfide) groups is 1. The maximum absolute atomic E-state index is 13.1. The normalized spacial score (nSPS) is 27.4. The highest BCUT2D eigenvalue weighted by Gasteiger charge is 2.60. The van der Waals surface area contributed by atoms with Gasteiger partial charge in [0.05, 0.1) is 24.1 Å². The number of carbonyl (C=O) groups excluding carboxylic acids is 3. The zero-order valence-corrected chi connectivity index (χ0v) is 23.8. The summed E-state index contributed by atoms with van der Waals surface area (Å²) in [6.45, 7) is 10.9. The van der Waals surface area contributed by atoms with Gasteiger partial charge in [0.2, 0.25) is 5.91 Å². The smallest absolute Gasteiger partial charge is 0.410 e. The predicted octanol–water partition coefficient (Wildman–Crippen LogP) is 2.73. The predicted molar refractivity (Wildman–Crippen MR) is 149 cm³/mol. The molecular weight excluding hydrogens is 556 g/mol. The Balaban J connectivity index is 1.44. The van der Waals surface area contributed by atoms with Gasteiger partial charge in [-0.2, -0.15) is 0 Å². The molecule has 2 N–H and O–H groups in total. The quantitative estimate of drug-likeness (QED) is 0.244. The number of hydrogen-bond acceptors (Lipinski definition) is 10. The lowest BCUT2D eigenvalue weighted by atomic mass is 9.79. The third kappa shape index (κ3) is 4.74. The number of aliphatic hydroxyl groups is 2. The van der Waals surface area contributed by atoms with Gasteiger partial charge in [0.25, 0.3) is 0 Å². The molecule has 3 aliphatic heterocycles. The van der Waals surface area contributed by atoms with Crippen molar-refractivity contribution >= 4 is 45.9 Å². The van der Waals surface area contributed by atoms with Gasteiger partial charge in [-0.15, -0.1) is 23.1 Å². The van der Waals surface area contributed by atoms with Crippen LogP contribution in [0.15, 0.2) is 53.8 Å². The van der Waals surface area contributed by atoms with Crippen LogP contribution in [-0.2, 0) is 19.1 Å². The van der Waals surface area contributed by atoms with E-state index in [1.165, 1.54) is 45.1 Å². The van der Waals surface area contributed by atoms with Crippen LogP contribution < -0.4 is 0 Å². The maximum atomic E-state index is 13.1. The summed E-state index contributed by atoms with van der Waals surface area (Å²) in [6.07, 6.45) is 4.27. The van der Waals surface area contributed by atoms with Gasteiger partial charge >= 0.3 is 12.1 Å². The highest BCUT2D eigenvalue weighted by Crippen LogP contribution is 2.53. The fourth-order valence-corrected chi connectivity index (χ4v) is 8.20. The number of amides is 2. The Bertz CT molecular complexity index is 1370. The maximum Gasteiger partial charge on any atom is 0.410 e. The first-order valence-electron chi connectivity index (χ1n) is 13.0. The molecule has 2 aromatic heterocycles. The van der Waals surface area contributed by atoms with Crippen molar-refractivity contribution in [3.63, 3.8) is 0 Å². The highest BCUT2D eigenvalue weighted by molar-refractivity contribution is 8.03. The van der Waals surface area contributed by atoms with Crippen LogP contribution in [0.1, 0.15) is 32.1 Å². The highest BCUT2D eigenvalue weighted by atomic mass is 32.2. The van der Waals surface area contributed by atoms with Gasteiger partial charge in [-0.1, -0.05) is 32.2 Å². The van der Waals surface area contributed by atoms with Crippen molar-refractivity contribution in [3.05, 3.63) is 59.5 Å². The van der Waals surface area contributed by atoms with Crippen molar-refractivity contribution < 1.29 is 34.1 Å². The monoisotopic (exact) mass is 588 g/mol. The van der Waals surface area contributed by atoms with Crippen LogP contribution >= 0.6 is 23.1 Å². The summed E-state index contributed by atoms with van der Waals surface area (Å²) in [4.78, 5) is 47.9. The summed E-state index contributed by atoms with van der Waals surface area (Å²) in [5, 5.41) is 23.4. The first-order chi connectivity index (χ1) is 19.2. The second kappa shape index (κ2) is 11.4. The SMILES string of the molecule is C=CCOC(=O)C1=C(S[C@H]2C[C@@H](C(O)c3ncn4ccsc34)N(C(=O)OCC=C)C2)[C@H](C)[C@@H]2[C@@H]([C@@H](C)O)C(=O)N12. The molecule has 0 saturated carbocycles. The third-order valence-electron chi connectivity index (χ3n) is 7.61. The molecule has 2 fully saturated rings. The van der Waals surface area contributed by atoms with Gasteiger partial charge in [0.1, 0.15) is 41.9 Å². The van der Waals surface area contributed by atoms with Crippen LogP contribution in [0.2, 0.25) is 0 Å². The molecule has 13 heteroatoms. The van der Waals surface area contributed by atoms with Gasteiger partial charge in [-0.25, -0.2) is 14.6 Å². The summed E-state index contributed by atoms with van der Waals surface area (Å²) in [6, 6.07) is -0.997. The molecule has 2 saturated heterocycles. The molecule has 0 bridgehead atoms. The number of nitrogens with zero attached hydrogens (tertiary/aromatic N) is 4. The summed E-state index contributed by atoms with van der Waals surface area (Å²) >= 11 is 2.84. The van der Waals surface area contributed by atoms with E-state index in [0.29, 0.717) is 17.0 Å². The zero-order valence-electron chi connectivity index (χ0n) is 22.2. The average Bonchev–Trinajstić information content (AvgIpc) is 3.69. The van der Waals surface area contributed by atoms with Gasteiger partial charge in [0.15, 0.2) is 0 Å². The van der Waals surface area contributed by atoms with E-state index in [1.807, 2.05) is 22.9 Å². The molecule has 2 aromatic rings. The van der Waals surface area contributed by atoms with E-state index in [2.05, 4.69) is 18.1 Å². The number of thiazole rings is 1. The Labute approximate surface area is 239 Å². The van der Waals surface area contributed by atoms with Gasteiger partial charge in [-0.05, 0) is 13.3 Å². The van der Waals surface area contributed by atoms with Crippen molar-refractivity contribution in [1.29, 1.82) is 0 Å². The molecule has 7 atom stereocenters. The fourth-order valence-electron chi connectivity index (χ4n) is 5.82. The van der Waals surface area contributed by atoms with E-state index in [4.69, 9.17) is 9.47 Å². The molecule has 5 rings (SSSR count). The van der Waals surface area contributed by atoms with Crippen LogP contribution in [0.3, 0.4) is 0 Å². The molecule has 1 unspecified atom stereocenters.